The first-order valence-electron chi connectivity index (χ1n) is 10.7. The van der Waals surface area contributed by atoms with Gasteiger partial charge in [0.25, 0.3) is 0 Å². The van der Waals surface area contributed by atoms with Crippen LogP contribution in [0.1, 0.15) is 71.0 Å². The molecule has 1 aliphatic heterocycles. The maximum absolute atomic E-state index is 13.2. The third-order valence-electron chi connectivity index (χ3n) is 5.42. The number of rotatable bonds is 11. The molecule has 0 saturated carbocycles. The van der Waals surface area contributed by atoms with Gasteiger partial charge in [-0.3, -0.25) is 9.59 Å². The largest absolute Gasteiger partial charge is 0.461 e. The molecule has 2 heterocycles. The quantitative estimate of drug-likeness (QED) is 0.354. The first-order valence-corrected chi connectivity index (χ1v) is 11.5. The monoisotopic (exact) mass is 501 g/mol. The Morgan fingerprint density at radius 2 is 1.94 bits per heavy atom. The van der Waals surface area contributed by atoms with Crippen molar-refractivity contribution in [3.8, 4) is 0 Å². The smallest absolute Gasteiger partial charge is 0.416 e. The molecular weight excluding hydrogens is 470 g/mol. The molecule has 174 valence electrons. The van der Waals surface area contributed by atoms with Gasteiger partial charge in [0.1, 0.15) is 18.1 Å². The second-order valence-electron chi connectivity index (χ2n) is 8.22. The lowest BCUT2D eigenvalue weighted by Crippen LogP contribution is -2.45. The van der Waals surface area contributed by atoms with E-state index in [1.807, 2.05) is 13.8 Å². The highest BCUT2D eigenvalue weighted by Gasteiger charge is 2.44. The van der Waals surface area contributed by atoms with E-state index in [0.717, 1.165) is 35.1 Å². The summed E-state index contributed by atoms with van der Waals surface area (Å²) in [7, 11) is 0. The van der Waals surface area contributed by atoms with Gasteiger partial charge < -0.3 is 19.0 Å². The van der Waals surface area contributed by atoms with Crippen molar-refractivity contribution in [2.24, 2.45) is 11.8 Å². The number of amides is 2. The molecule has 1 aromatic heterocycles. The Morgan fingerprint density at radius 3 is 2.55 bits per heavy atom. The maximum Gasteiger partial charge on any atom is 0.416 e. The van der Waals surface area contributed by atoms with Gasteiger partial charge in [0.2, 0.25) is 5.91 Å². The molecule has 0 radical (unpaired) electrons. The standard InChI is InChI=1S/C22H32BrNO7/c1-13(2)17-12-29-22(28)24(17)21(27)14(3)20(30-15(4)26)19-11-16(23)18(31-19)9-7-5-6-8-10-25/h11,13-14,17,20,25H,5-10,12H2,1-4H3/t14-,17+,20-/m1/s1. The molecule has 1 fully saturated rings. The fourth-order valence-electron chi connectivity index (χ4n) is 3.60. The first-order chi connectivity index (χ1) is 14.7. The summed E-state index contributed by atoms with van der Waals surface area (Å²) in [4.78, 5) is 38.3. The fraction of sp³-hybridized carbons (Fsp3) is 0.682. The van der Waals surface area contributed by atoms with Gasteiger partial charge in [-0.2, -0.15) is 0 Å². The molecule has 9 heteroatoms. The zero-order valence-electron chi connectivity index (χ0n) is 18.6. The highest BCUT2D eigenvalue weighted by atomic mass is 79.9. The lowest BCUT2D eigenvalue weighted by molar-refractivity contribution is -0.155. The maximum atomic E-state index is 13.2. The lowest BCUT2D eigenvalue weighted by atomic mass is 9.98. The predicted octanol–water partition coefficient (Wildman–Crippen LogP) is 4.38. The number of aliphatic hydroxyl groups is 1. The average molecular weight is 502 g/mol. The minimum absolute atomic E-state index is 0.0324. The van der Waals surface area contributed by atoms with E-state index in [9.17, 15) is 14.4 Å². The molecule has 0 aromatic carbocycles. The molecule has 2 amide bonds. The van der Waals surface area contributed by atoms with Crippen LogP contribution in [0.3, 0.4) is 0 Å². The molecule has 31 heavy (non-hydrogen) atoms. The van der Waals surface area contributed by atoms with Crippen molar-refractivity contribution in [1.82, 2.24) is 4.90 Å². The van der Waals surface area contributed by atoms with Gasteiger partial charge in [0.15, 0.2) is 6.10 Å². The molecular formula is C22H32BrNO7. The average Bonchev–Trinajstić information content (AvgIpc) is 3.27. The van der Waals surface area contributed by atoms with E-state index in [0.29, 0.717) is 17.9 Å². The Kier molecular flexibility index (Phi) is 9.55. The number of hydrogen-bond acceptors (Lipinski definition) is 7. The van der Waals surface area contributed by atoms with Crippen molar-refractivity contribution in [3.63, 3.8) is 0 Å². The SMILES string of the molecule is CC(=O)O[C@@H](c1cc(Br)c(CCCCCCO)o1)[C@@H](C)C(=O)N1C(=O)OC[C@H]1C(C)C. The van der Waals surface area contributed by atoms with Crippen molar-refractivity contribution in [2.45, 2.75) is 71.9 Å². The van der Waals surface area contributed by atoms with Crippen LogP contribution in [-0.2, 0) is 25.5 Å². The summed E-state index contributed by atoms with van der Waals surface area (Å²) in [5, 5.41) is 8.87. The van der Waals surface area contributed by atoms with Crippen molar-refractivity contribution in [1.29, 1.82) is 0 Å². The van der Waals surface area contributed by atoms with E-state index in [1.165, 1.54) is 6.92 Å². The van der Waals surface area contributed by atoms with E-state index in [1.54, 1.807) is 13.0 Å². The highest BCUT2D eigenvalue weighted by Crippen LogP contribution is 2.35. The van der Waals surface area contributed by atoms with E-state index in [-0.39, 0.29) is 25.2 Å². The van der Waals surface area contributed by atoms with Crippen LogP contribution in [0.15, 0.2) is 15.0 Å². The van der Waals surface area contributed by atoms with Crippen molar-refractivity contribution in [3.05, 3.63) is 22.1 Å². The van der Waals surface area contributed by atoms with E-state index >= 15 is 0 Å². The minimum Gasteiger partial charge on any atom is -0.461 e. The van der Waals surface area contributed by atoms with Gasteiger partial charge in [-0.15, -0.1) is 0 Å². The van der Waals surface area contributed by atoms with Gasteiger partial charge >= 0.3 is 12.1 Å². The van der Waals surface area contributed by atoms with Crippen LogP contribution in [0.2, 0.25) is 0 Å². The number of aliphatic hydroxyl groups excluding tert-OH is 1. The predicted molar refractivity (Wildman–Crippen MR) is 116 cm³/mol. The number of esters is 1. The number of cyclic esters (lactones) is 1. The summed E-state index contributed by atoms with van der Waals surface area (Å²) in [6, 6.07) is 1.35. The van der Waals surface area contributed by atoms with Gasteiger partial charge in [0, 0.05) is 20.0 Å². The van der Waals surface area contributed by atoms with Crippen LogP contribution >= 0.6 is 15.9 Å². The summed E-state index contributed by atoms with van der Waals surface area (Å²) in [5.41, 5.74) is 0. The number of halogens is 1. The zero-order chi connectivity index (χ0) is 23.1. The molecule has 1 saturated heterocycles. The Balaban J connectivity index is 2.19. The van der Waals surface area contributed by atoms with Crippen LogP contribution in [0.5, 0.6) is 0 Å². The second-order valence-corrected chi connectivity index (χ2v) is 9.08. The molecule has 8 nitrogen and oxygen atoms in total. The first kappa shape index (κ1) is 25.4. The molecule has 0 aliphatic carbocycles. The summed E-state index contributed by atoms with van der Waals surface area (Å²) in [6.45, 7) is 7.05. The molecule has 1 aliphatic rings. The van der Waals surface area contributed by atoms with Crippen molar-refractivity contribution >= 4 is 33.9 Å². The third kappa shape index (κ3) is 6.55. The summed E-state index contributed by atoms with van der Waals surface area (Å²) < 4.78 is 17.2. The Morgan fingerprint density at radius 1 is 1.26 bits per heavy atom. The van der Waals surface area contributed by atoms with Crippen molar-refractivity contribution in [2.75, 3.05) is 13.2 Å². The van der Waals surface area contributed by atoms with Crippen LogP contribution in [0.4, 0.5) is 4.79 Å². The summed E-state index contributed by atoms with van der Waals surface area (Å²) in [6.07, 6.45) is 2.58. The Hall–Kier alpha value is -1.87. The van der Waals surface area contributed by atoms with E-state index in [2.05, 4.69) is 15.9 Å². The van der Waals surface area contributed by atoms with Crippen LogP contribution in [-0.4, -0.2) is 47.2 Å². The van der Waals surface area contributed by atoms with Crippen molar-refractivity contribution < 1.29 is 33.4 Å². The number of ether oxygens (including phenoxy) is 2. The molecule has 0 bridgehead atoms. The number of imide groups is 1. The van der Waals surface area contributed by atoms with Crippen LogP contribution in [0.25, 0.3) is 0 Å². The van der Waals surface area contributed by atoms with Gasteiger partial charge in [-0.05, 0) is 47.7 Å². The summed E-state index contributed by atoms with van der Waals surface area (Å²) in [5.74, 6) is -0.771. The minimum atomic E-state index is -0.967. The molecule has 2 rings (SSSR count). The molecule has 0 spiro atoms. The lowest BCUT2D eigenvalue weighted by Gasteiger charge is -2.28. The number of carbonyl (C=O) groups excluding carboxylic acids is 3. The second kappa shape index (κ2) is 11.7. The molecule has 1 aromatic rings. The topological polar surface area (TPSA) is 106 Å². The van der Waals surface area contributed by atoms with Gasteiger partial charge in [-0.25, -0.2) is 9.69 Å². The highest BCUT2D eigenvalue weighted by molar-refractivity contribution is 9.10. The van der Waals surface area contributed by atoms with Crippen LogP contribution in [0, 0.1) is 11.8 Å². The number of furan rings is 1. The Labute approximate surface area is 191 Å². The molecule has 0 unspecified atom stereocenters. The number of unbranched alkanes of at least 4 members (excludes halogenated alkanes) is 3. The normalized spacial score (nSPS) is 18.2. The van der Waals surface area contributed by atoms with E-state index in [4.69, 9.17) is 19.0 Å². The van der Waals surface area contributed by atoms with E-state index < -0.39 is 30.0 Å². The number of nitrogens with zero attached hydrogens (tertiary/aromatic N) is 1. The van der Waals surface area contributed by atoms with Gasteiger partial charge in [0.05, 0.1) is 16.4 Å². The van der Waals surface area contributed by atoms with Crippen LogP contribution < -0.4 is 0 Å². The number of hydrogen-bond donors (Lipinski definition) is 1. The number of carbonyl (C=O) groups is 3. The van der Waals surface area contributed by atoms with Gasteiger partial charge in [-0.1, -0.05) is 26.7 Å². The fourth-order valence-corrected chi connectivity index (χ4v) is 4.11. The molecule has 1 N–H and O–H groups in total. The third-order valence-corrected chi connectivity index (χ3v) is 6.09. The zero-order valence-corrected chi connectivity index (χ0v) is 20.1. The Bertz CT molecular complexity index is 776. The molecule has 3 atom stereocenters. The number of aryl methyl sites for hydroxylation is 1. The summed E-state index contributed by atoms with van der Waals surface area (Å²) >= 11 is 3.48.